The van der Waals surface area contributed by atoms with Gasteiger partial charge in [-0.3, -0.25) is 4.57 Å². The zero-order valence-corrected chi connectivity index (χ0v) is 14.3. The van der Waals surface area contributed by atoms with Crippen LogP contribution in [0.3, 0.4) is 0 Å². The number of benzene rings is 2. The second-order valence-electron chi connectivity index (χ2n) is 5.46. The quantitative estimate of drug-likeness (QED) is 0.669. The van der Waals surface area contributed by atoms with Gasteiger partial charge in [0.05, 0.1) is 6.54 Å². The number of halogens is 1. The number of hydrogen-bond donors (Lipinski definition) is 0. The third-order valence-corrected chi connectivity index (χ3v) is 3.91. The second kappa shape index (κ2) is 8.35. The van der Waals surface area contributed by atoms with E-state index < -0.39 is 0 Å². The van der Waals surface area contributed by atoms with Crippen LogP contribution in [0.1, 0.15) is 5.56 Å². The van der Waals surface area contributed by atoms with Crippen LogP contribution in [0.15, 0.2) is 73.3 Å². The van der Waals surface area contributed by atoms with Gasteiger partial charge < -0.3 is 9.64 Å². The standard InChI is InChI=1S/C19H18ClN3O2/c20-17-6-8-18(9-7-17)25-13-12-22(14-16-4-2-1-3-5-16)19(24)23-11-10-21-15-23/h1-11,15H,12-14H2. The first-order valence-electron chi connectivity index (χ1n) is 7.92. The van der Waals surface area contributed by atoms with Crippen LogP contribution in [0.4, 0.5) is 4.79 Å². The van der Waals surface area contributed by atoms with Crippen molar-refractivity contribution in [3.8, 4) is 5.75 Å². The summed E-state index contributed by atoms with van der Waals surface area (Å²) in [5.74, 6) is 0.721. The molecule has 0 spiro atoms. The molecule has 0 aliphatic carbocycles. The molecular formula is C19H18ClN3O2. The maximum absolute atomic E-state index is 12.7. The summed E-state index contributed by atoms with van der Waals surface area (Å²) in [6.45, 7) is 1.34. The van der Waals surface area contributed by atoms with E-state index in [0.29, 0.717) is 24.7 Å². The van der Waals surface area contributed by atoms with Gasteiger partial charge in [-0.2, -0.15) is 0 Å². The lowest BCUT2D eigenvalue weighted by Crippen LogP contribution is -2.36. The molecule has 0 radical (unpaired) electrons. The Labute approximate surface area is 151 Å². The number of aromatic nitrogens is 2. The van der Waals surface area contributed by atoms with Crippen LogP contribution in [0.2, 0.25) is 5.02 Å². The first-order valence-corrected chi connectivity index (χ1v) is 8.30. The van der Waals surface area contributed by atoms with Crippen molar-refractivity contribution in [3.63, 3.8) is 0 Å². The number of ether oxygens (including phenoxy) is 1. The van der Waals surface area contributed by atoms with Gasteiger partial charge in [-0.25, -0.2) is 9.78 Å². The minimum Gasteiger partial charge on any atom is -0.492 e. The predicted molar refractivity (Wildman–Crippen MR) is 96.8 cm³/mol. The molecule has 0 fully saturated rings. The average molecular weight is 356 g/mol. The van der Waals surface area contributed by atoms with Crippen LogP contribution in [-0.4, -0.2) is 33.6 Å². The summed E-state index contributed by atoms with van der Waals surface area (Å²) in [5.41, 5.74) is 1.06. The summed E-state index contributed by atoms with van der Waals surface area (Å²) in [5, 5.41) is 0.660. The van der Waals surface area contributed by atoms with E-state index in [1.165, 1.54) is 10.9 Å². The van der Waals surface area contributed by atoms with E-state index in [4.69, 9.17) is 16.3 Å². The van der Waals surface area contributed by atoms with E-state index in [2.05, 4.69) is 4.98 Å². The maximum Gasteiger partial charge on any atom is 0.329 e. The second-order valence-corrected chi connectivity index (χ2v) is 5.90. The summed E-state index contributed by atoms with van der Waals surface area (Å²) in [6.07, 6.45) is 4.73. The number of imidazole rings is 1. The molecule has 0 aliphatic rings. The zero-order chi connectivity index (χ0) is 17.5. The lowest BCUT2D eigenvalue weighted by molar-refractivity contribution is 0.180. The molecule has 1 heterocycles. The van der Waals surface area contributed by atoms with Crippen molar-refractivity contribution >= 4 is 17.6 Å². The largest absolute Gasteiger partial charge is 0.492 e. The predicted octanol–water partition coefficient (Wildman–Crippen LogP) is 4.09. The number of nitrogens with zero attached hydrogens (tertiary/aromatic N) is 3. The van der Waals surface area contributed by atoms with Crippen molar-refractivity contribution in [2.24, 2.45) is 0 Å². The van der Waals surface area contributed by atoms with E-state index in [1.54, 1.807) is 29.4 Å². The van der Waals surface area contributed by atoms with Crippen molar-refractivity contribution in [1.82, 2.24) is 14.5 Å². The van der Waals surface area contributed by atoms with E-state index in [0.717, 1.165) is 11.3 Å². The molecule has 0 saturated carbocycles. The SMILES string of the molecule is O=C(N(CCOc1ccc(Cl)cc1)Cc1ccccc1)n1ccnc1. The van der Waals surface area contributed by atoms with Gasteiger partial charge in [-0.15, -0.1) is 0 Å². The molecule has 0 aliphatic heterocycles. The minimum absolute atomic E-state index is 0.138. The number of hydrogen-bond acceptors (Lipinski definition) is 3. The smallest absolute Gasteiger partial charge is 0.329 e. The Hall–Kier alpha value is -2.79. The Morgan fingerprint density at radius 2 is 1.88 bits per heavy atom. The van der Waals surface area contributed by atoms with Crippen molar-refractivity contribution in [1.29, 1.82) is 0 Å². The van der Waals surface area contributed by atoms with Crippen LogP contribution in [0.25, 0.3) is 0 Å². The molecule has 0 bridgehead atoms. The van der Waals surface area contributed by atoms with Crippen molar-refractivity contribution < 1.29 is 9.53 Å². The third-order valence-electron chi connectivity index (χ3n) is 3.66. The van der Waals surface area contributed by atoms with Gasteiger partial charge in [0.25, 0.3) is 0 Å². The van der Waals surface area contributed by atoms with Gasteiger partial charge in [0.15, 0.2) is 0 Å². The molecule has 25 heavy (non-hydrogen) atoms. The number of rotatable bonds is 6. The summed E-state index contributed by atoms with van der Waals surface area (Å²) < 4.78 is 7.18. The molecule has 6 heteroatoms. The van der Waals surface area contributed by atoms with Gasteiger partial charge in [-0.1, -0.05) is 41.9 Å². The van der Waals surface area contributed by atoms with Gasteiger partial charge in [0, 0.05) is 24.0 Å². The van der Waals surface area contributed by atoms with Gasteiger partial charge in [0.1, 0.15) is 18.7 Å². The minimum atomic E-state index is -0.138. The lowest BCUT2D eigenvalue weighted by atomic mass is 10.2. The Balaban J connectivity index is 1.65. The van der Waals surface area contributed by atoms with E-state index in [-0.39, 0.29) is 6.03 Å². The van der Waals surface area contributed by atoms with Crippen LogP contribution >= 0.6 is 11.6 Å². The highest BCUT2D eigenvalue weighted by molar-refractivity contribution is 6.30. The summed E-state index contributed by atoms with van der Waals surface area (Å²) >= 11 is 5.87. The highest BCUT2D eigenvalue weighted by Crippen LogP contribution is 2.15. The number of amides is 1. The van der Waals surface area contributed by atoms with E-state index in [1.807, 2.05) is 42.5 Å². The lowest BCUT2D eigenvalue weighted by Gasteiger charge is -2.23. The molecule has 3 aromatic rings. The van der Waals surface area contributed by atoms with Crippen molar-refractivity contribution in [2.75, 3.05) is 13.2 Å². The first kappa shape index (κ1) is 17.0. The van der Waals surface area contributed by atoms with Gasteiger partial charge >= 0.3 is 6.03 Å². The molecule has 0 unspecified atom stereocenters. The molecule has 3 rings (SSSR count). The Bertz CT molecular complexity index is 789. The highest BCUT2D eigenvalue weighted by atomic mass is 35.5. The molecule has 1 amide bonds. The fourth-order valence-corrected chi connectivity index (χ4v) is 2.51. The topological polar surface area (TPSA) is 47.4 Å². The van der Waals surface area contributed by atoms with Crippen LogP contribution in [0.5, 0.6) is 5.75 Å². The molecule has 0 saturated heterocycles. The third kappa shape index (κ3) is 4.84. The molecule has 0 N–H and O–H groups in total. The zero-order valence-electron chi connectivity index (χ0n) is 13.6. The Morgan fingerprint density at radius 3 is 2.56 bits per heavy atom. The Morgan fingerprint density at radius 1 is 1.12 bits per heavy atom. The highest BCUT2D eigenvalue weighted by Gasteiger charge is 2.15. The van der Waals surface area contributed by atoms with Crippen molar-refractivity contribution in [2.45, 2.75) is 6.54 Å². The van der Waals surface area contributed by atoms with E-state index in [9.17, 15) is 4.79 Å². The number of carbonyl (C=O) groups is 1. The maximum atomic E-state index is 12.7. The molecule has 128 valence electrons. The monoisotopic (exact) mass is 355 g/mol. The fraction of sp³-hybridized carbons (Fsp3) is 0.158. The normalized spacial score (nSPS) is 10.4. The van der Waals surface area contributed by atoms with Gasteiger partial charge in [0.2, 0.25) is 0 Å². The van der Waals surface area contributed by atoms with E-state index >= 15 is 0 Å². The average Bonchev–Trinajstić information content (AvgIpc) is 3.17. The molecule has 1 aromatic heterocycles. The molecule has 5 nitrogen and oxygen atoms in total. The summed E-state index contributed by atoms with van der Waals surface area (Å²) in [7, 11) is 0. The fourth-order valence-electron chi connectivity index (χ4n) is 2.39. The van der Waals surface area contributed by atoms with Crippen LogP contribution < -0.4 is 4.74 Å². The first-order chi connectivity index (χ1) is 12.2. The van der Waals surface area contributed by atoms with Crippen LogP contribution in [0, 0.1) is 0 Å². The summed E-state index contributed by atoms with van der Waals surface area (Å²) in [4.78, 5) is 18.3. The molecule has 2 aromatic carbocycles. The van der Waals surface area contributed by atoms with Crippen LogP contribution in [-0.2, 0) is 6.54 Å². The molecule has 0 atom stereocenters. The molecular weight excluding hydrogens is 338 g/mol. The number of carbonyl (C=O) groups excluding carboxylic acids is 1. The summed E-state index contributed by atoms with van der Waals surface area (Å²) in [6, 6.07) is 16.9. The Kier molecular flexibility index (Phi) is 5.69. The van der Waals surface area contributed by atoms with Gasteiger partial charge in [-0.05, 0) is 29.8 Å². The van der Waals surface area contributed by atoms with Crippen molar-refractivity contribution in [3.05, 3.63) is 83.9 Å².